The molecule has 2 aromatic rings. The van der Waals surface area contributed by atoms with Gasteiger partial charge in [0.2, 0.25) is 0 Å². The van der Waals surface area contributed by atoms with Crippen LogP contribution in [0.15, 0.2) is 24.5 Å². The van der Waals surface area contributed by atoms with Gasteiger partial charge >= 0.3 is 0 Å². The fourth-order valence-corrected chi connectivity index (χ4v) is 1.79. The molecule has 0 aliphatic rings. The van der Waals surface area contributed by atoms with Crippen LogP contribution in [-0.4, -0.2) is 15.0 Å². The fraction of sp³-hybridized carbons (Fsp3) is 0.357. The van der Waals surface area contributed by atoms with Crippen molar-refractivity contribution in [2.75, 3.05) is 5.32 Å². The van der Waals surface area contributed by atoms with Crippen molar-refractivity contribution in [1.29, 1.82) is 0 Å². The molecule has 0 fully saturated rings. The maximum Gasteiger partial charge on any atom is 0.130 e. The molecule has 0 saturated carbocycles. The van der Waals surface area contributed by atoms with Crippen LogP contribution in [-0.2, 0) is 13.0 Å². The van der Waals surface area contributed by atoms with Crippen LogP contribution in [0.1, 0.15) is 29.6 Å². The molecule has 0 radical (unpaired) electrons. The Kier molecular flexibility index (Phi) is 3.87. The minimum atomic E-state index is 0.758. The van der Waals surface area contributed by atoms with Crippen molar-refractivity contribution < 1.29 is 0 Å². The van der Waals surface area contributed by atoms with Gasteiger partial charge in [0, 0.05) is 30.7 Å². The minimum Gasteiger partial charge on any atom is -0.366 e. The summed E-state index contributed by atoms with van der Waals surface area (Å²) in [7, 11) is 0. The van der Waals surface area contributed by atoms with E-state index in [1.807, 2.05) is 31.5 Å². The average molecular weight is 242 g/mol. The first-order chi connectivity index (χ1) is 8.69. The van der Waals surface area contributed by atoms with Gasteiger partial charge in [-0.3, -0.25) is 4.98 Å². The van der Waals surface area contributed by atoms with Crippen LogP contribution < -0.4 is 5.32 Å². The predicted octanol–water partition coefficient (Wildman–Crippen LogP) is 2.66. The van der Waals surface area contributed by atoms with E-state index in [1.165, 1.54) is 11.1 Å². The molecule has 0 bridgehead atoms. The fourth-order valence-electron chi connectivity index (χ4n) is 1.79. The van der Waals surface area contributed by atoms with E-state index in [4.69, 9.17) is 0 Å². The third-order valence-corrected chi connectivity index (χ3v) is 2.85. The van der Waals surface area contributed by atoms with Crippen LogP contribution in [0.25, 0.3) is 0 Å². The summed E-state index contributed by atoms with van der Waals surface area (Å²) in [5.74, 6) is 1.69. The van der Waals surface area contributed by atoms with E-state index in [1.54, 1.807) is 0 Å². The smallest absolute Gasteiger partial charge is 0.130 e. The summed E-state index contributed by atoms with van der Waals surface area (Å²) in [6, 6.07) is 4.03. The molecule has 0 saturated heterocycles. The molecule has 0 atom stereocenters. The highest BCUT2D eigenvalue weighted by Gasteiger charge is 2.02. The zero-order valence-corrected chi connectivity index (χ0v) is 11.1. The Hall–Kier alpha value is -1.97. The summed E-state index contributed by atoms with van der Waals surface area (Å²) in [5.41, 5.74) is 3.49. The van der Waals surface area contributed by atoms with Gasteiger partial charge in [-0.2, -0.15) is 0 Å². The molecule has 1 N–H and O–H groups in total. The first-order valence-electron chi connectivity index (χ1n) is 6.17. The largest absolute Gasteiger partial charge is 0.366 e. The molecule has 0 aliphatic carbocycles. The van der Waals surface area contributed by atoms with Gasteiger partial charge < -0.3 is 5.32 Å². The predicted molar refractivity (Wildman–Crippen MR) is 72.4 cm³/mol. The summed E-state index contributed by atoms with van der Waals surface area (Å²) < 4.78 is 0. The van der Waals surface area contributed by atoms with Crippen LogP contribution in [0.4, 0.5) is 5.82 Å². The van der Waals surface area contributed by atoms with Gasteiger partial charge in [-0.25, -0.2) is 9.97 Å². The van der Waals surface area contributed by atoms with E-state index in [0.29, 0.717) is 0 Å². The van der Waals surface area contributed by atoms with Gasteiger partial charge in [0.15, 0.2) is 0 Å². The maximum absolute atomic E-state index is 4.39. The zero-order chi connectivity index (χ0) is 13.0. The number of pyridine rings is 1. The van der Waals surface area contributed by atoms with Gasteiger partial charge in [0.1, 0.15) is 11.6 Å². The second kappa shape index (κ2) is 5.58. The van der Waals surface area contributed by atoms with Crippen molar-refractivity contribution >= 4 is 5.82 Å². The van der Waals surface area contributed by atoms with E-state index in [-0.39, 0.29) is 0 Å². The number of aromatic nitrogens is 3. The highest BCUT2D eigenvalue weighted by Crippen LogP contribution is 2.11. The number of nitrogens with one attached hydrogen (secondary N) is 1. The molecule has 0 spiro atoms. The van der Waals surface area contributed by atoms with Crippen LogP contribution in [0, 0.1) is 13.8 Å². The molecule has 94 valence electrons. The zero-order valence-electron chi connectivity index (χ0n) is 11.1. The number of hydrogen-bond donors (Lipinski definition) is 1. The third-order valence-electron chi connectivity index (χ3n) is 2.85. The number of aryl methyl sites for hydroxylation is 3. The SMILES string of the molecule is CCc1cc(NCc2ccncc2C)nc(C)n1. The van der Waals surface area contributed by atoms with Crippen molar-refractivity contribution in [3.05, 3.63) is 47.2 Å². The third kappa shape index (κ3) is 3.03. The van der Waals surface area contributed by atoms with Crippen LogP contribution in [0.5, 0.6) is 0 Å². The summed E-state index contributed by atoms with van der Waals surface area (Å²) in [6.45, 7) is 6.83. The Labute approximate surface area is 108 Å². The Bertz CT molecular complexity index is 537. The topological polar surface area (TPSA) is 50.7 Å². The lowest BCUT2D eigenvalue weighted by molar-refractivity contribution is 0.940. The molecule has 0 amide bonds. The normalized spacial score (nSPS) is 10.4. The maximum atomic E-state index is 4.39. The number of nitrogens with zero attached hydrogens (tertiary/aromatic N) is 3. The van der Waals surface area contributed by atoms with Crippen molar-refractivity contribution in [1.82, 2.24) is 15.0 Å². The molecule has 4 nitrogen and oxygen atoms in total. The van der Waals surface area contributed by atoms with E-state index in [0.717, 1.165) is 30.3 Å². The number of hydrogen-bond acceptors (Lipinski definition) is 4. The molecule has 4 heteroatoms. The van der Waals surface area contributed by atoms with Gasteiger partial charge in [-0.05, 0) is 37.5 Å². The molecular formula is C14H18N4. The summed E-state index contributed by atoms with van der Waals surface area (Å²) >= 11 is 0. The van der Waals surface area contributed by atoms with E-state index in [9.17, 15) is 0 Å². The van der Waals surface area contributed by atoms with E-state index < -0.39 is 0 Å². The molecular weight excluding hydrogens is 224 g/mol. The molecule has 2 aromatic heterocycles. The summed E-state index contributed by atoms with van der Waals surface area (Å²) in [4.78, 5) is 12.8. The van der Waals surface area contributed by atoms with Gasteiger partial charge in [-0.15, -0.1) is 0 Å². The van der Waals surface area contributed by atoms with Gasteiger partial charge in [0.25, 0.3) is 0 Å². The Morgan fingerprint density at radius 3 is 2.78 bits per heavy atom. The van der Waals surface area contributed by atoms with Crippen LogP contribution in [0.3, 0.4) is 0 Å². The lowest BCUT2D eigenvalue weighted by Gasteiger charge is -2.09. The molecule has 2 rings (SSSR count). The highest BCUT2D eigenvalue weighted by atomic mass is 15.0. The van der Waals surface area contributed by atoms with E-state index in [2.05, 4.69) is 34.1 Å². The standard InChI is InChI=1S/C14H18N4/c1-4-13-7-14(18-11(3)17-13)16-9-12-5-6-15-8-10(12)2/h5-8H,4,9H2,1-3H3,(H,16,17,18). The quantitative estimate of drug-likeness (QED) is 0.895. The number of anilines is 1. The molecule has 0 unspecified atom stereocenters. The second-order valence-corrected chi connectivity index (χ2v) is 4.30. The molecule has 0 aromatic carbocycles. The van der Waals surface area contributed by atoms with Gasteiger partial charge in [-0.1, -0.05) is 6.92 Å². The Balaban J connectivity index is 2.11. The summed E-state index contributed by atoms with van der Waals surface area (Å²) in [6.07, 6.45) is 4.61. The van der Waals surface area contributed by atoms with Crippen molar-refractivity contribution in [2.24, 2.45) is 0 Å². The van der Waals surface area contributed by atoms with Gasteiger partial charge in [0.05, 0.1) is 0 Å². The lowest BCUT2D eigenvalue weighted by atomic mass is 10.1. The molecule has 2 heterocycles. The second-order valence-electron chi connectivity index (χ2n) is 4.30. The highest BCUT2D eigenvalue weighted by molar-refractivity contribution is 5.38. The summed E-state index contributed by atoms with van der Waals surface area (Å²) in [5, 5.41) is 3.34. The lowest BCUT2D eigenvalue weighted by Crippen LogP contribution is -2.06. The van der Waals surface area contributed by atoms with Crippen molar-refractivity contribution in [3.63, 3.8) is 0 Å². The first-order valence-corrected chi connectivity index (χ1v) is 6.17. The first kappa shape index (κ1) is 12.5. The Morgan fingerprint density at radius 2 is 2.06 bits per heavy atom. The molecule has 0 aliphatic heterocycles. The number of rotatable bonds is 4. The average Bonchev–Trinajstić information content (AvgIpc) is 2.37. The van der Waals surface area contributed by atoms with Crippen molar-refractivity contribution in [2.45, 2.75) is 33.7 Å². The monoisotopic (exact) mass is 242 g/mol. The Morgan fingerprint density at radius 1 is 1.22 bits per heavy atom. The van der Waals surface area contributed by atoms with Crippen LogP contribution in [0.2, 0.25) is 0 Å². The van der Waals surface area contributed by atoms with Crippen molar-refractivity contribution in [3.8, 4) is 0 Å². The minimum absolute atomic E-state index is 0.758. The molecule has 18 heavy (non-hydrogen) atoms. The van der Waals surface area contributed by atoms with Crippen LogP contribution >= 0.6 is 0 Å². The van der Waals surface area contributed by atoms with E-state index >= 15 is 0 Å².